The molecule has 2 saturated heterocycles. The Hall–Kier alpha value is -2.22. The second kappa shape index (κ2) is 7.57. The van der Waals surface area contributed by atoms with Gasteiger partial charge >= 0.3 is 5.97 Å². The van der Waals surface area contributed by atoms with Gasteiger partial charge in [0.1, 0.15) is 0 Å². The molecule has 1 atom stereocenters. The van der Waals surface area contributed by atoms with Crippen molar-refractivity contribution >= 4 is 36.0 Å². The van der Waals surface area contributed by atoms with E-state index < -0.39 is 11.9 Å². The molecule has 3 heterocycles. The van der Waals surface area contributed by atoms with Gasteiger partial charge in [-0.25, -0.2) is 0 Å². The van der Waals surface area contributed by atoms with E-state index in [4.69, 9.17) is 5.11 Å². The standard InChI is InChI=1S/C15H18N4O4.ClH/c20-13-4-1-10(14(21)16-13)11-2-3-12(18-17-11)19-7-5-9(6-8-19)15(22)23;/h2-3,9-10H,1,4-8H2,(H,22,23)(H,16,20,21);1H. The topological polar surface area (TPSA) is 112 Å². The zero-order chi connectivity index (χ0) is 16.4. The fraction of sp³-hybridized carbons (Fsp3) is 0.533. The van der Waals surface area contributed by atoms with Crippen LogP contribution in [0.4, 0.5) is 5.82 Å². The van der Waals surface area contributed by atoms with Gasteiger partial charge < -0.3 is 10.0 Å². The highest BCUT2D eigenvalue weighted by atomic mass is 35.5. The van der Waals surface area contributed by atoms with Crippen LogP contribution in [0, 0.1) is 5.92 Å². The molecule has 2 N–H and O–H groups in total. The first-order valence-electron chi connectivity index (χ1n) is 7.69. The van der Waals surface area contributed by atoms with E-state index in [0.717, 1.165) is 0 Å². The van der Waals surface area contributed by atoms with Crippen LogP contribution in [0.1, 0.15) is 37.3 Å². The Morgan fingerprint density at radius 1 is 1.17 bits per heavy atom. The number of carbonyl (C=O) groups is 3. The number of rotatable bonds is 3. The van der Waals surface area contributed by atoms with Crippen molar-refractivity contribution in [3.8, 4) is 0 Å². The molecule has 0 aliphatic carbocycles. The highest BCUT2D eigenvalue weighted by Gasteiger charge is 2.30. The molecule has 1 aromatic heterocycles. The van der Waals surface area contributed by atoms with Crippen molar-refractivity contribution in [3.05, 3.63) is 17.8 Å². The molecule has 3 rings (SSSR count). The average Bonchev–Trinajstić information content (AvgIpc) is 2.55. The fourth-order valence-corrected chi connectivity index (χ4v) is 3.02. The van der Waals surface area contributed by atoms with E-state index in [2.05, 4.69) is 15.5 Å². The van der Waals surface area contributed by atoms with Crippen molar-refractivity contribution in [2.24, 2.45) is 5.92 Å². The number of nitrogens with zero attached hydrogens (tertiary/aromatic N) is 3. The van der Waals surface area contributed by atoms with E-state index in [1.807, 2.05) is 4.90 Å². The number of amides is 2. The molecular weight excluding hydrogens is 336 g/mol. The predicted octanol–water partition coefficient (Wildman–Crippen LogP) is 0.720. The Morgan fingerprint density at radius 2 is 1.88 bits per heavy atom. The summed E-state index contributed by atoms with van der Waals surface area (Å²) < 4.78 is 0. The van der Waals surface area contributed by atoms with Crippen LogP contribution in [0.3, 0.4) is 0 Å². The first-order valence-corrected chi connectivity index (χ1v) is 7.69. The summed E-state index contributed by atoms with van der Waals surface area (Å²) in [4.78, 5) is 36.0. The van der Waals surface area contributed by atoms with Gasteiger partial charge in [0.25, 0.3) is 0 Å². The van der Waals surface area contributed by atoms with Gasteiger partial charge in [0, 0.05) is 19.5 Å². The van der Waals surface area contributed by atoms with Crippen molar-refractivity contribution in [3.63, 3.8) is 0 Å². The minimum atomic E-state index is -0.746. The number of aromatic nitrogens is 2. The first kappa shape index (κ1) is 18.1. The molecule has 2 amide bonds. The van der Waals surface area contributed by atoms with Crippen LogP contribution in [0.2, 0.25) is 0 Å². The highest BCUT2D eigenvalue weighted by Crippen LogP contribution is 2.25. The van der Waals surface area contributed by atoms with E-state index in [1.54, 1.807) is 12.1 Å². The predicted molar refractivity (Wildman–Crippen MR) is 87.0 cm³/mol. The Labute approximate surface area is 145 Å². The number of imide groups is 1. The van der Waals surface area contributed by atoms with Crippen molar-refractivity contribution < 1.29 is 19.5 Å². The summed E-state index contributed by atoms with van der Waals surface area (Å²) in [7, 11) is 0. The third-order valence-corrected chi connectivity index (χ3v) is 4.44. The minimum Gasteiger partial charge on any atom is -0.481 e. The van der Waals surface area contributed by atoms with Gasteiger partial charge in [-0.1, -0.05) is 0 Å². The van der Waals surface area contributed by atoms with Crippen LogP contribution in [-0.2, 0) is 14.4 Å². The third kappa shape index (κ3) is 3.81. The van der Waals surface area contributed by atoms with Crippen molar-refractivity contribution in [2.45, 2.75) is 31.6 Å². The molecule has 8 nitrogen and oxygen atoms in total. The molecule has 9 heteroatoms. The van der Waals surface area contributed by atoms with E-state index in [-0.39, 0.29) is 30.1 Å². The maximum atomic E-state index is 11.8. The normalized spacial score (nSPS) is 21.8. The number of carboxylic acid groups (broad SMARTS) is 1. The molecule has 0 saturated carbocycles. The van der Waals surface area contributed by atoms with Crippen LogP contribution >= 0.6 is 12.4 Å². The second-order valence-electron chi connectivity index (χ2n) is 5.92. The number of carboxylic acids is 1. The highest BCUT2D eigenvalue weighted by molar-refractivity contribution is 6.00. The summed E-state index contributed by atoms with van der Waals surface area (Å²) in [5, 5.41) is 19.6. The van der Waals surface area contributed by atoms with Crippen molar-refractivity contribution in [2.75, 3.05) is 18.0 Å². The maximum Gasteiger partial charge on any atom is 0.306 e. The zero-order valence-corrected chi connectivity index (χ0v) is 13.8. The fourth-order valence-electron chi connectivity index (χ4n) is 3.02. The number of nitrogens with one attached hydrogen (secondary N) is 1. The zero-order valence-electron chi connectivity index (χ0n) is 13.0. The second-order valence-corrected chi connectivity index (χ2v) is 5.92. The minimum absolute atomic E-state index is 0. The van der Waals surface area contributed by atoms with E-state index in [1.165, 1.54) is 0 Å². The van der Waals surface area contributed by atoms with E-state index in [9.17, 15) is 14.4 Å². The lowest BCUT2D eigenvalue weighted by atomic mass is 9.94. The van der Waals surface area contributed by atoms with Gasteiger partial charge in [-0.15, -0.1) is 17.5 Å². The number of carbonyl (C=O) groups excluding carboxylic acids is 2. The lowest BCUT2D eigenvalue weighted by Gasteiger charge is -2.30. The Kier molecular flexibility index (Phi) is 5.71. The van der Waals surface area contributed by atoms with Crippen molar-refractivity contribution in [1.29, 1.82) is 0 Å². The van der Waals surface area contributed by atoms with Gasteiger partial charge in [0.15, 0.2) is 5.82 Å². The van der Waals surface area contributed by atoms with Crippen LogP contribution in [0.15, 0.2) is 12.1 Å². The summed E-state index contributed by atoms with van der Waals surface area (Å²) in [6.07, 6.45) is 1.93. The Balaban J connectivity index is 0.00000208. The number of halogens is 1. The quantitative estimate of drug-likeness (QED) is 0.769. The molecular formula is C15H19ClN4O4. The Bertz CT molecular complexity index is 629. The SMILES string of the molecule is Cl.O=C1CCC(c2ccc(N3CCC(C(=O)O)CC3)nn2)C(=O)N1. The summed E-state index contributed by atoms with van der Waals surface area (Å²) in [6, 6.07) is 3.55. The first-order chi connectivity index (χ1) is 11.0. The number of piperidine rings is 2. The number of aliphatic carboxylic acids is 1. The summed E-state index contributed by atoms with van der Waals surface area (Å²) in [5.41, 5.74) is 0.555. The van der Waals surface area contributed by atoms with Crippen LogP contribution < -0.4 is 10.2 Å². The van der Waals surface area contributed by atoms with E-state index >= 15 is 0 Å². The number of anilines is 1. The molecule has 0 radical (unpaired) electrons. The van der Waals surface area contributed by atoms with Crippen LogP contribution in [0.25, 0.3) is 0 Å². The number of hydrogen-bond donors (Lipinski definition) is 2. The third-order valence-electron chi connectivity index (χ3n) is 4.44. The maximum absolute atomic E-state index is 11.8. The van der Waals surface area contributed by atoms with E-state index in [0.29, 0.717) is 50.3 Å². The lowest BCUT2D eigenvalue weighted by Crippen LogP contribution is -2.40. The molecule has 2 aliphatic rings. The summed E-state index contributed by atoms with van der Waals surface area (Å²) >= 11 is 0. The molecule has 1 unspecified atom stereocenters. The smallest absolute Gasteiger partial charge is 0.306 e. The molecule has 0 spiro atoms. The van der Waals surface area contributed by atoms with Crippen LogP contribution in [-0.4, -0.2) is 46.2 Å². The molecule has 2 aliphatic heterocycles. The van der Waals surface area contributed by atoms with Gasteiger partial charge in [-0.3, -0.25) is 19.7 Å². The van der Waals surface area contributed by atoms with Crippen LogP contribution in [0.5, 0.6) is 0 Å². The van der Waals surface area contributed by atoms with Crippen molar-refractivity contribution in [1.82, 2.24) is 15.5 Å². The van der Waals surface area contributed by atoms with Gasteiger partial charge in [0.2, 0.25) is 11.8 Å². The van der Waals surface area contributed by atoms with Gasteiger partial charge in [0.05, 0.1) is 17.5 Å². The Morgan fingerprint density at radius 3 is 2.42 bits per heavy atom. The molecule has 0 bridgehead atoms. The van der Waals surface area contributed by atoms with Gasteiger partial charge in [-0.2, -0.15) is 5.10 Å². The summed E-state index contributed by atoms with van der Waals surface area (Å²) in [5.74, 6) is -1.37. The lowest BCUT2D eigenvalue weighted by molar-refractivity contribution is -0.142. The monoisotopic (exact) mass is 354 g/mol. The average molecular weight is 355 g/mol. The molecule has 24 heavy (non-hydrogen) atoms. The number of hydrogen-bond acceptors (Lipinski definition) is 6. The molecule has 2 fully saturated rings. The summed E-state index contributed by atoms with van der Waals surface area (Å²) in [6.45, 7) is 1.26. The largest absolute Gasteiger partial charge is 0.481 e. The molecule has 1 aromatic rings. The molecule has 0 aromatic carbocycles. The van der Waals surface area contributed by atoms with Gasteiger partial charge in [-0.05, 0) is 31.4 Å². The molecule has 130 valence electrons.